The van der Waals surface area contributed by atoms with Gasteiger partial charge in [0.15, 0.2) is 0 Å². The lowest BCUT2D eigenvalue weighted by Gasteiger charge is -2.21. The summed E-state index contributed by atoms with van der Waals surface area (Å²) in [6, 6.07) is 8.49. The van der Waals surface area contributed by atoms with Crippen molar-refractivity contribution >= 4 is 39.2 Å². The Morgan fingerprint density at radius 3 is 2.61 bits per heavy atom. The number of nitrogens with one attached hydrogen (secondary N) is 1. The maximum absolute atomic E-state index is 12.9. The quantitative estimate of drug-likeness (QED) is 0.634. The average Bonchev–Trinajstić information content (AvgIpc) is 2.98. The number of nitrogens with zero attached hydrogens (tertiary/aromatic N) is 2. The molecule has 0 spiro atoms. The van der Waals surface area contributed by atoms with Gasteiger partial charge >= 0.3 is 0 Å². The third-order valence-corrected chi connectivity index (χ3v) is 4.67. The number of halogens is 1. The topological polar surface area (TPSA) is 78.8 Å². The summed E-state index contributed by atoms with van der Waals surface area (Å²) in [6.45, 7) is -0.452. The van der Waals surface area contributed by atoms with Crippen LogP contribution in [0.25, 0.3) is 0 Å². The summed E-state index contributed by atoms with van der Waals surface area (Å²) in [5, 5.41) is 5.63. The standard InChI is InChI=1S/C14H14FN3O3S2/c1-23(20,21)18(12-6-4-11(15)5-7-12)10-14(19)17-16-9-13-3-2-8-22-13/h2-9H,10H2,1H3,(H,17,19)/b16-9-. The predicted octanol–water partition coefficient (Wildman–Crippen LogP) is 1.80. The number of thiophene rings is 1. The van der Waals surface area contributed by atoms with Crippen molar-refractivity contribution < 1.29 is 17.6 Å². The van der Waals surface area contributed by atoms with E-state index >= 15 is 0 Å². The Labute approximate surface area is 137 Å². The Balaban J connectivity index is 2.06. The molecule has 23 heavy (non-hydrogen) atoms. The highest BCUT2D eigenvalue weighted by molar-refractivity contribution is 7.92. The lowest BCUT2D eigenvalue weighted by molar-refractivity contribution is -0.119. The van der Waals surface area contributed by atoms with Crippen molar-refractivity contribution in [1.29, 1.82) is 0 Å². The van der Waals surface area contributed by atoms with Gasteiger partial charge in [0.2, 0.25) is 10.0 Å². The van der Waals surface area contributed by atoms with Crippen molar-refractivity contribution in [3.63, 3.8) is 0 Å². The van der Waals surface area contributed by atoms with E-state index in [9.17, 15) is 17.6 Å². The van der Waals surface area contributed by atoms with E-state index in [1.54, 1.807) is 0 Å². The van der Waals surface area contributed by atoms with E-state index in [0.717, 1.165) is 27.6 Å². The number of sulfonamides is 1. The fourth-order valence-electron chi connectivity index (χ4n) is 1.71. The zero-order valence-electron chi connectivity index (χ0n) is 12.1. The van der Waals surface area contributed by atoms with Crippen LogP contribution in [0.2, 0.25) is 0 Å². The third-order valence-electron chi connectivity index (χ3n) is 2.73. The second-order valence-electron chi connectivity index (χ2n) is 4.55. The molecular formula is C14H14FN3O3S2. The molecule has 0 radical (unpaired) electrons. The fourth-order valence-corrected chi connectivity index (χ4v) is 3.15. The molecule has 1 N–H and O–H groups in total. The smallest absolute Gasteiger partial charge is 0.260 e. The molecular weight excluding hydrogens is 341 g/mol. The number of hydrazone groups is 1. The molecule has 2 aromatic rings. The number of hydrogen-bond acceptors (Lipinski definition) is 5. The summed E-state index contributed by atoms with van der Waals surface area (Å²) in [5.41, 5.74) is 2.46. The van der Waals surface area contributed by atoms with E-state index in [0.29, 0.717) is 0 Å². The molecule has 0 bridgehead atoms. The summed E-state index contributed by atoms with van der Waals surface area (Å²) < 4.78 is 37.5. The second-order valence-corrected chi connectivity index (χ2v) is 7.44. The van der Waals surface area contributed by atoms with Gasteiger partial charge in [0, 0.05) is 4.88 Å². The zero-order chi connectivity index (χ0) is 16.9. The van der Waals surface area contributed by atoms with Gasteiger partial charge in [-0.1, -0.05) is 6.07 Å². The molecule has 0 fully saturated rings. The third kappa shape index (κ3) is 5.15. The Kier molecular flexibility index (Phi) is 5.45. The van der Waals surface area contributed by atoms with Gasteiger partial charge in [-0.05, 0) is 35.7 Å². The van der Waals surface area contributed by atoms with E-state index in [4.69, 9.17) is 0 Å². The van der Waals surface area contributed by atoms with Crippen molar-refractivity contribution in [3.05, 3.63) is 52.5 Å². The number of carbonyl (C=O) groups is 1. The van der Waals surface area contributed by atoms with Gasteiger partial charge < -0.3 is 0 Å². The van der Waals surface area contributed by atoms with Gasteiger partial charge in [0.1, 0.15) is 12.4 Å². The molecule has 2 rings (SSSR count). The zero-order valence-corrected chi connectivity index (χ0v) is 13.8. The monoisotopic (exact) mass is 355 g/mol. The van der Waals surface area contributed by atoms with Crippen LogP contribution in [-0.2, 0) is 14.8 Å². The number of anilines is 1. The van der Waals surface area contributed by atoms with Crippen molar-refractivity contribution in [2.24, 2.45) is 5.10 Å². The average molecular weight is 355 g/mol. The van der Waals surface area contributed by atoms with Crippen LogP contribution in [0.4, 0.5) is 10.1 Å². The largest absolute Gasteiger partial charge is 0.271 e. The SMILES string of the molecule is CS(=O)(=O)N(CC(=O)N/N=C\c1cccs1)c1ccc(F)cc1. The van der Waals surface area contributed by atoms with Gasteiger partial charge in [0.05, 0.1) is 18.2 Å². The van der Waals surface area contributed by atoms with E-state index in [1.807, 2.05) is 17.5 Å². The summed E-state index contributed by atoms with van der Waals surface area (Å²) in [7, 11) is -3.69. The van der Waals surface area contributed by atoms with E-state index in [2.05, 4.69) is 10.5 Å². The van der Waals surface area contributed by atoms with Crippen LogP contribution in [0.1, 0.15) is 4.88 Å². The predicted molar refractivity (Wildman–Crippen MR) is 88.6 cm³/mol. The molecule has 0 aliphatic rings. The van der Waals surface area contributed by atoms with Crippen LogP contribution in [-0.4, -0.2) is 33.3 Å². The Bertz CT molecular complexity index is 787. The summed E-state index contributed by atoms with van der Waals surface area (Å²) in [4.78, 5) is 12.7. The first kappa shape index (κ1) is 17.1. The molecule has 122 valence electrons. The number of rotatable bonds is 6. The maximum atomic E-state index is 12.9. The molecule has 9 heteroatoms. The number of carbonyl (C=O) groups excluding carboxylic acids is 1. The van der Waals surface area contributed by atoms with E-state index < -0.39 is 28.3 Å². The summed E-state index contributed by atoms with van der Waals surface area (Å²) in [6.07, 6.45) is 2.43. The van der Waals surface area contributed by atoms with Crippen LogP contribution < -0.4 is 9.73 Å². The van der Waals surface area contributed by atoms with Gasteiger partial charge in [-0.25, -0.2) is 18.2 Å². The fraction of sp³-hybridized carbons (Fsp3) is 0.143. The lowest BCUT2D eigenvalue weighted by atomic mass is 10.3. The molecule has 0 saturated heterocycles. The summed E-state index contributed by atoms with van der Waals surface area (Å²) >= 11 is 1.45. The van der Waals surface area contributed by atoms with Crippen molar-refractivity contribution in [3.8, 4) is 0 Å². The van der Waals surface area contributed by atoms with Crippen LogP contribution in [0.5, 0.6) is 0 Å². The van der Waals surface area contributed by atoms with Crippen molar-refractivity contribution in [2.45, 2.75) is 0 Å². The molecule has 1 aromatic carbocycles. The van der Waals surface area contributed by atoms with Crippen molar-refractivity contribution in [1.82, 2.24) is 5.43 Å². The lowest BCUT2D eigenvalue weighted by Crippen LogP contribution is -2.39. The molecule has 6 nitrogen and oxygen atoms in total. The highest BCUT2D eigenvalue weighted by Crippen LogP contribution is 2.17. The number of amides is 1. The summed E-state index contributed by atoms with van der Waals surface area (Å²) in [5.74, 6) is -1.10. The van der Waals surface area contributed by atoms with Crippen LogP contribution in [0.3, 0.4) is 0 Å². The van der Waals surface area contributed by atoms with Gasteiger partial charge in [0.25, 0.3) is 5.91 Å². The first-order valence-electron chi connectivity index (χ1n) is 6.45. The normalized spacial score (nSPS) is 11.6. The molecule has 0 aliphatic carbocycles. The van der Waals surface area contributed by atoms with E-state index in [1.165, 1.54) is 29.7 Å². The van der Waals surface area contributed by atoms with Gasteiger partial charge in [-0.2, -0.15) is 5.10 Å². The molecule has 1 aromatic heterocycles. The van der Waals surface area contributed by atoms with Gasteiger partial charge in [-0.15, -0.1) is 11.3 Å². The van der Waals surface area contributed by atoms with Crippen LogP contribution in [0, 0.1) is 5.82 Å². The highest BCUT2D eigenvalue weighted by atomic mass is 32.2. The molecule has 0 unspecified atom stereocenters. The van der Waals surface area contributed by atoms with Crippen LogP contribution in [0.15, 0.2) is 46.9 Å². The molecule has 1 amide bonds. The van der Waals surface area contributed by atoms with E-state index in [-0.39, 0.29) is 5.69 Å². The minimum atomic E-state index is -3.69. The number of hydrogen-bond donors (Lipinski definition) is 1. The first-order chi connectivity index (χ1) is 10.9. The van der Waals surface area contributed by atoms with Crippen LogP contribution >= 0.6 is 11.3 Å². The Morgan fingerprint density at radius 2 is 2.04 bits per heavy atom. The molecule has 0 atom stereocenters. The Morgan fingerprint density at radius 1 is 1.35 bits per heavy atom. The molecule has 1 heterocycles. The molecule has 0 aliphatic heterocycles. The first-order valence-corrected chi connectivity index (χ1v) is 9.18. The maximum Gasteiger partial charge on any atom is 0.260 e. The second kappa shape index (κ2) is 7.34. The minimum Gasteiger partial charge on any atom is -0.271 e. The minimum absolute atomic E-state index is 0.200. The number of benzene rings is 1. The Hall–Kier alpha value is -2.26. The highest BCUT2D eigenvalue weighted by Gasteiger charge is 2.20. The van der Waals surface area contributed by atoms with Gasteiger partial charge in [-0.3, -0.25) is 9.10 Å². The molecule has 0 saturated carbocycles. The van der Waals surface area contributed by atoms with Crippen molar-refractivity contribution in [2.75, 3.05) is 17.1 Å².